The lowest BCUT2D eigenvalue weighted by atomic mass is 10.1. The fourth-order valence-electron chi connectivity index (χ4n) is 2.01. The highest BCUT2D eigenvalue weighted by Gasteiger charge is 2.14. The number of aromatic nitrogens is 3. The zero-order chi connectivity index (χ0) is 14.4. The van der Waals surface area contributed by atoms with E-state index >= 15 is 0 Å². The Morgan fingerprint density at radius 2 is 1.80 bits per heavy atom. The third kappa shape index (κ3) is 2.06. The lowest BCUT2D eigenvalue weighted by Gasteiger charge is -2.06. The minimum atomic E-state index is 0.499. The van der Waals surface area contributed by atoms with Gasteiger partial charge in [0.05, 0.1) is 16.2 Å². The number of halogens is 3. The van der Waals surface area contributed by atoms with Gasteiger partial charge in [0, 0.05) is 16.8 Å². The predicted molar refractivity (Wildman–Crippen MR) is 82.9 cm³/mol. The summed E-state index contributed by atoms with van der Waals surface area (Å²) in [5.41, 5.74) is 4.28. The maximum atomic E-state index is 6.30. The van der Waals surface area contributed by atoms with Crippen molar-refractivity contribution in [1.29, 1.82) is 0 Å². The van der Waals surface area contributed by atoms with E-state index in [1.165, 1.54) is 0 Å². The molecule has 0 aliphatic heterocycles. The first-order valence-corrected chi connectivity index (χ1v) is 7.08. The molecule has 0 spiro atoms. The molecule has 0 saturated heterocycles. The molecule has 0 aliphatic rings. The van der Waals surface area contributed by atoms with E-state index in [9.17, 15) is 0 Å². The van der Waals surface area contributed by atoms with Gasteiger partial charge in [0.25, 0.3) is 0 Å². The quantitative estimate of drug-likeness (QED) is 0.591. The van der Waals surface area contributed by atoms with E-state index in [0.29, 0.717) is 20.8 Å². The molecule has 0 saturated carbocycles. The van der Waals surface area contributed by atoms with Crippen molar-refractivity contribution in [3.8, 4) is 11.1 Å². The molecule has 0 fully saturated rings. The van der Waals surface area contributed by atoms with Crippen molar-refractivity contribution in [1.82, 2.24) is 14.6 Å². The van der Waals surface area contributed by atoms with Crippen molar-refractivity contribution in [3.63, 3.8) is 0 Å². The second-order valence-electron chi connectivity index (χ2n) is 4.54. The van der Waals surface area contributed by atoms with Gasteiger partial charge in [0.15, 0.2) is 5.65 Å². The molecule has 0 amide bonds. The molecule has 3 aromatic rings. The molecule has 1 aromatic carbocycles. The lowest BCUT2D eigenvalue weighted by molar-refractivity contribution is 0.916. The van der Waals surface area contributed by atoms with E-state index in [4.69, 9.17) is 34.8 Å². The van der Waals surface area contributed by atoms with E-state index < -0.39 is 0 Å². The second-order valence-corrected chi connectivity index (χ2v) is 5.71. The van der Waals surface area contributed by atoms with Crippen LogP contribution >= 0.6 is 34.8 Å². The van der Waals surface area contributed by atoms with Crippen LogP contribution in [0.2, 0.25) is 15.2 Å². The van der Waals surface area contributed by atoms with Crippen molar-refractivity contribution in [2.45, 2.75) is 13.8 Å². The van der Waals surface area contributed by atoms with Gasteiger partial charge in [-0.2, -0.15) is 5.10 Å². The summed E-state index contributed by atoms with van der Waals surface area (Å²) >= 11 is 18.3. The van der Waals surface area contributed by atoms with Crippen molar-refractivity contribution in [2.75, 3.05) is 0 Å². The van der Waals surface area contributed by atoms with Crippen LogP contribution in [0.5, 0.6) is 0 Å². The number of benzene rings is 1. The molecule has 3 rings (SSSR count). The van der Waals surface area contributed by atoms with E-state index in [2.05, 4.69) is 10.1 Å². The van der Waals surface area contributed by atoms with E-state index in [-0.39, 0.29) is 0 Å². The Morgan fingerprint density at radius 1 is 1.05 bits per heavy atom. The number of fused-ring (bicyclic) bond motifs is 1. The maximum absolute atomic E-state index is 6.30. The summed E-state index contributed by atoms with van der Waals surface area (Å²) in [5, 5.41) is 5.88. The molecule has 0 unspecified atom stereocenters. The van der Waals surface area contributed by atoms with Crippen LogP contribution in [-0.2, 0) is 0 Å². The SMILES string of the molecule is Cc1nc2c(-c3ccc(Cl)c(Cl)c3)cnn2c(Cl)c1C. The smallest absolute Gasteiger partial charge is 0.164 e. The Hall–Kier alpha value is -1.29. The average Bonchev–Trinajstić information content (AvgIpc) is 2.83. The molecular weight excluding hydrogens is 317 g/mol. The fraction of sp³-hybridized carbons (Fsp3) is 0.143. The predicted octanol–water partition coefficient (Wildman–Crippen LogP) is 4.97. The number of aryl methyl sites for hydroxylation is 1. The summed E-state index contributed by atoms with van der Waals surface area (Å²) in [6, 6.07) is 5.44. The van der Waals surface area contributed by atoms with Crippen LogP contribution in [0.3, 0.4) is 0 Å². The van der Waals surface area contributed by atoms with E-state index in [0.717, 1.165) is 22.4 Å². The zero-order valence-corrected chi connectivity index (χ0v) is 13.1. The third-order valence-electron chi connectivity index (χ3n) is 3.29. The Labute approximate surface area is 131 Å². The standard InChI is InChI=1S/C14H10Cl3N3/c1-7-8(2)19-14-10(6-18-20(14)13(7)17)9-3-4-11(15)12(16)5-9/h3-6H,1-2H3. The van der Waals surface area contributed by atoms with Crippen LogP contribution in [0.4, 0.5) is 0 Å². The zero-order valence-electron chi connectivity index (χ0n) is 10.8. The van der Waals surface area contributed by atoms with Crippen LogP contribution in [0.25, 0.3) is 16.8 Å². The van der Waals surface area contributed by atoms with Gasteiger partial charge in [-0.15, -0.1) is 0 Å². The van der Waals surface area contributed by atoms with Gasteiger partial charge < -0.3 is 0 Å². The van der Waals surface area contributed by atoms with Crippen LogP contribution in [0, 0.1) is 13.8 Å². The molecule has 102 valence electrons. The summed E-state index contributed by atoms with van der Waals surface area (Å²) in [6.07, 6.45) is 1.73. The van der Waals surface area contributed by atoms with Crippen LogP contribution in [0.1, 0.15) is 11.3 Å². The Bertz CT molecular complexity index is 824. The summed E-state index contributed by atoms with van der Waals surface area (Å²) in [7, 11) is 0. The lowest BCUT2D eigenvalue weighted by Crippen LogP contribution is -1.99. The van der Waals surface area contributed by atoms with Crippen molar-refractivity contribution >= 4 is 40.4 Å². The Balaban J connectivity index is 2.29. The molecule has 20 heavy (non-hydrogen) atoms. The largest absolute Gasteiger partial charge is 0.233 e. The van der Waals surface area contributed by atoms with Crippen LogP contribution < -0.4 is 0 Å². The monoisotopic (exact) mass is 325 g/mol. The first-order chi connectivity index (χ1) is 9.49. The van der Waals surface area contributed by atoms with E-state index in [1.807, 2.05) is 19.9 Å². The van der Waals surface area contributed by atoms with Gasteiger partial charge in [-0.3, -0.25) is 0 Å². The maximum Gasteiger partial charge on any atom is 0.164 e. The average molecular weight is 327 g/mol. The topological polar surface area (TPSA) is 30.2 Å². The molecule has 0 N–H and O–H groups in total. The van der Waals surface area contributed by atoms with Gasteiger partial charge in [-0.1, -0.05) is 40.9 Å². The van der Waals surface area contributed by atoms with Crippen LogP contribution in [-0.4, -0.2) is 14.6 Å². The molecule has 0 aliphatic carbocycles. The molecule has 0 radical (unpaired) electrons. The van der Waals surface area contributed by atoms with Crippen molar-refractivity contribution in [3.05, 3.63) is 50.9 Å². The van der Waals surface area contributed by atoms with Gasteiger partial charge in [-0.05, 0) is 31.5 Å². The molecule has 0 atom stereocenters. The molecule has 3 nitrogen and oxygen atoms in total. The van der Waals surface area contributed by atoms with Gasteiger partial charge >= 0.3 is 0 Å². The van der Waals surface area contributed by atoms with Crippen LogP contribution in [0.15, 0.2) is 24.4 Å². The molecule has 6 heteroatoms. The Morgan fingerprint density at radius 3 is 2.50 bits per heavy atom. The molecule has 0 bridgehead atoms. The highest BCUT2D eigenvalue weighted by molar-refractivity contribution is 6.42. The summed E-state index contributed by atoms with van der Waals surface area (Å²) in [5.74, 6) is 0. The molecular formula is C14H10Cl3N3. The highest BCUT2D eigenvalue weighted by atomic mass is 35.5. The normalized spacial score (nSPS) is 11.2. The fourth-order valence-corrected chi connectivity index (χ4v) is 2.57. The minimum Gasteiger partial charge on any atom is -0.233 e. The number of nitrogens with zero attached hydrogens (tertiary/aromatic N) is 3. The second kappa shape index (κ2) is 4.92. The summed E-state index contributed by atoms with van der Waals surface area (Å²) in [6.45, 7) is 3.84. The van der Waals surface area contributed by atoms with Crippen molar-refractivity contribution < 1.29 is 0 Å². The Kier molecular flexibility index (Phi) is 3.36. The number of hydrogen-bond acceptors (Lipinski definition) is 2. The first kappa shape index (κ1) is 13.7. The van der Waals surface area contributed by atoms with Gasteiger partial charge in [-0.25, -0.2) is 9.50 Å². The number of hydrogen-bond donors (Lipinski definition) is 0. The van der Waals surface area contributed by atoms with Gasteiger partial charge in [0.1, 0.15) is 5.15 Å². The third-order valence-corrected chi connectivity index (χ3v) is 4.47. The minimum absolute atomic E-state index is 0.499. The number of rotatable bonds is 1. The van der Waals surface area contributed by atoms with E-state index in [1.54, 1.807) is 22.8 Å². The van der Waals surface area contributed by atoms with Gasteiger partial charge in [0.2, 0.25) is 0 Å². The van der Waals surface area contributed by atoms with Crippen molar-refractivity contribution in [2.24, 2.45) is 0 Å². The first-order valence-electron chi connectivity index (χ1n) is 5.95. The summed E-state index contributed by atoms with van der Waals surface area (Å²) in [4.78, 5) is 4.56. The summed E-state index contributed by atoms with van der Waals surface area (Å²) < 4.78 is 1.63. The molecule has 2 heterocycles. The molecule has 2 aromatic heterocycles. The highest BCUT2D eigenvalue weighted by Crippen LogP contribution is 2.31.